The standard InChI is InChI=1S/C10H14NOP/c12-7-8-1-2-10-6-11(13)4-3-9(10)5-8/h1-2,5,12H,3-4,6-7,13H2. The van der Waals surface area contributed by atoms with Gasteiger partial charge in [-0.3, -0.25) is 4.67 Å². The molecule has 1 aromatic carbocycles. The molecule has 0 fully saturated rings. The van der Waals surface area contributed by atoms with Gasteiger partial charge in [-0.1, -0.05) is 27.6 Å². The minimum atomic E-state index is 0.151. The first-order valence-electron chi connectivity index (χ1n) is 4.51. The van der Waals surface area contributed by atoms with E-state index in [2.05, 4.69) is 26.2 Å². The number of fused-ring (bicyclic) bond motifs is 1. The highest BCUT2D eigenvalue weighted by Crippen LogP contribution is 2.22. The van der Waals surface area contributed by atoms with Crippen LogP contribution in [0.2, 0.25) is 0 Å². The average Bonchev–Trinajstić information content (AvgIpc) is 2.17. The smallest absolute Gasteiger partial charge is 0.0681 e. The van der Waals surface area contributed by atoms with Gasteiger partial charge < -0.3 is 5.11 Å². The lowest BCUT2D eigenvalue weighted by Crippen LogP contribution is -2.21. The van der Waals surface area contributed by atoms with E-state index in [1.165, 1.54) is 11.1 Å². The second-order valence-corrected chi connectivity index (χ2v) is 4.21. The van der Waals surface area contributed by atoms with Crippen molar-refractivity contribution in [1.29, 1.82) is 0 Å². The molecule has 1 aliphatic heterocycles. The van der Waals surface area contributed by atoms with Gasteiger partial charge in [0.1, 0.15) is 0 Å². The quantitative estimate of drug-likeness (QED) is 0.683. The first kappa shape index (κ1) is 9.14. The Labute approximate surface area is 80.8 Å². The Morgan fingerprint density at radius 3 is 3.00 bits per heavy atom. The number of benzene rings is 1. The van der Waals surface area contributed by atoms with E-state index in [4.69, 9.17) is 5.11 Å². The molecule has 0 aliphatic carbocycles. The highest BCUT2D eigenvalue weighted by atomic mass is 31.0. The molecule has 1 aromatic rings. The van der Waals surface area contributed by atoms with Gasteiger partial charge in [0.15, 0.2) is 0 Å². The van der Waals surface area contributed by atoms with Gasteiger partial charge >= 0.3 is 0 Å². The summed E-state index contributed by atoms with van der Waals surface area (Å²) in [6.07, 6.45) is 1.09. The van der Waals surface area contributed by atoms with Crippen molar-refractivity contribution < 1.29 is 5.11 Å². The van der Waals surface area contributed by atoms with Crippen LogP contribution in [0.5, 0.6) is 0 Å². The van der Waals surface area contributed by atoms with Gasteiger partial charge in [-0.15, -0.1) is 0 Å². The van der Waals surface area contributed by atoms with Crippen LogP contribution in [-0.4, -0.2) is 16.3 Å². The molecule has 1 N–H and O–H groups in total. The van der Waals surface area contributed by atoms with E-state index in [1.807, 2.05) is 6.07 Å². The van der Waals surface area contributed by atoms with Crippen molar-refractivity contribution in [2.75, 3.05) is 6.54 Å². The first-order valence-corrected chi connectivity index (χ1v) is 5.02. The minimum Gasteiger partial charge on any atom is -0.392 e. The molecule has 2 nitrogen and oxygen atoms in total. The Morgan fingerprint density at radius 2 is 2.23 bits per heavy atom. The zero-order valence-electron chi connectivity index (χ0n) is 7.53. The lowest BCUT2D eigenvalue weighted by molar-refractivity contribution is 0.281. The van der Waals surface area contributed by atoms with Crippen LogP contribution in [0.15, 0.2) is 18.2 Å². The van der Waals surface area contributed by atoms with Crippen molar-refractivity contribution in [3.63, 3.8) is 0 Å². The zero-order valence-corrected chi connectivity index (χ0v) is 8.69. The second kappa shape index (κ2) is 3.75. The maximum Gasteiger partial charge on any atom is 0.0681 e. The number of rotatable bonds is 1. The fourth-order valence-corrected chi connectivity index (χ4v) is 2.05. The average molecular weight is 195 g/mol. The molecule has 0 radical (unpaired) electrons. The Balaban J connectivity index is 2.31. The van der Waals surface area contributed by atoms with E-state index in [0.29, 0.717) is 0 Å². The van der Waals surface area contributed by atoms with Gasteiger partial charge in [-0.25, -0.2) is 0 Å². The Kier molecular flexibility index (Phi) is 2.63. The molecule has 0 bridgehead atoms. The third kappa shape index (κ3) is 1.91. The summed E-state index contributed by atoms with van der Waals surface area (Å²) < 4.78 is 2.24. The fourth-order valence-electron chi connectivity index (χ4n) is 1.73. The third-order valence-corrected chi connectivity index (χ3v) is 2.94. The molecule has 1 heterocycles. The van der Waals surface area contributed by atoms with Crippen molar-refractivity contribution in [2.45, 2.75) is 19.6 Å². The Hall–Kier alpha value is -0.430. The number of aliphatic hydroxyl groups is 1. The van der Waals surface area contributed by atoms with E-state index in [0.717, 1.165) is 25.1 Å². The predicted octanol–water partition coefficient (Wildman–Crippen LogP) is 1.33. The highest BCUT2D eigenvalue weighted by Gasteiger charge is 2.12. The predicted molar refractivity (Wildman–Crippen MR) is 56.2 cm³/mol. The summed E-state index contributed by atoms with van der Waals surface area (Å²) in [7, 11) is 2.74. The molecule has 0 aromatic heterocycles. The molecule has 13 heavy (non-hydrogen) atoms. The summed E-state index contributed by atoms with van der Waals surface area (Å²) in [5.74, 6) is 0. The van der Waals surface area contributed by atoms with E-state index in [-0.39, 0.29) is 6.61 Å². The second-order valence-electron chi connectivity index (χ2n) is 3.48. The number of aliphatic hydroxyl groups excluding tert-OH is 1. The number of hydrogen-bond donors (Lipinski definition) is 1. The van der Waals surface area contributed by atoms with E-state index < -0.39 is 0 Å². The molecular formula is C10H14NOP. The van der Waals surface area contributed by atoms with Crippen LogP contribution >= 0.6 is 9.39 Å². The molecule has 3 heteroatoms. The van der Waals surface area contributed by atoms with Gasteiger partial charge in [0, 0.05) is 13.1 Å². The Morgan fingerprint density at radius 1 is 1.38 bits per heavy atom. The van der Waals surface area contributed by atoms with Crippen LogP contribution in [0.3, 0.4) is 0 Å². The van der Waals surface area contributed by atoms with Crippen LogP contribution in [-0.2, 0) is 19.6 Å². The SMILES string of the molecule is OCc1ccc2c(c1)CCN(P)C2. The fraction of sp³-hybridized carbons (Fsp3) is 0.400. The molecule has 1 aliphatic rings. The van der Waals surface area contributed by atoms with Gasteiger partial charge in [-0.2, -0.15) is 0 Å². The maximum absolute atomic E-state index is 8.98. The topological polar surface area (TPSA) is 23.5 Å². The van der Waals surface area contributed by atoms with Gasteiger partial charge in [0.2, 0.25) is 0 Å². The van der Waals surface area contributed by atoms with Gasteiger partial charge in [-0.05, 0) is 23.1 Å². The summed E-state index contributed by atoms with van der Waals surface area (Å²) >= 11 is 0. The largest absolute Gasteiger partial charge is 0.392 e. The van der Waals surface area contributed by atoms with E-state index in [9.17, 15) is 0 Å². The van der Waals surface area contributed by atoms with E-state index >= 15 is 0 Å². The van der Waals surface area contributed by atoms with Crippen LogP contribution in [0, 0.1) is 0 Å². The van der Waals surface area contributed by atoms with Crippen LogP contribution in [0.1, 0.15) is 16.7 Å². The van der Waals surface area contributed by atoms with Crippen molar-refractivity contribution in [1.82, 2.24) is 4.67 Å². The molecule has 1 unspecified atom stereocenters. The lowest BCUT2D eigenvalue weighted by atomic mass is 9.99. The first-order chi connectivity index (χ1) is 6.29. The normalized spacial score (nSPS) is 17.1. The monoisotopic (exact) mass is 195 g/mol. The maximum atomic E-state index is 8.98. The van der Waals surface area contributed by atoms with Crippen molar-refractivity contribution in [3.05, 3.63) is 34.9 Å². The molecule has 0 saturated carbocycles. The van der Waals surface area contributed by atoms with Crippen molar-refractivity contribution >= 4 is 9.39 Å². The van der Waals surface area contributed by atoms with Crippen LogP contribution in [0.25, 0.3) is 0 Å². The van der Waals surface area contributed by atoms with Crippen LogP contribution < -0.4 is 0 Å². The zero-order chi connectivity index (χ0) is 9.26. The minimum absolute atomic E-state index is 0.151. The third-order valence-electron chi connectivity index (χ3n) is 2.50. The number of hydrogen-bond acceptors (Lipinski definition) is 2. The molecular weight excluding hydrogens is 181 g/mol. The molecule has 70 valence electrons. The molecule has 0 amide bonds. The van der Waals surface area contributed by atoms with Crippen LogP contribution in [0.4, 0.5) is 0 Å². The Bertz CT molecular complexity index is 314. The molecule has 0 spiro atoms. The highest BCUT2D eigenvalue weighted by molar-refractivity contribution is 7.13. The van der Waals surface area contributed by atoms with E-state index in [1.54, 1.807) is 0 Å². The summed E-state index contributed by atoms with van der Waals surface area (Å²) in [6.45, 7) is 2.25. The van der Waals surface area contributed by atoms with Crippen molar-refractivity contribution in [3.8, 4) is 0 Å². The van der Waals surface area contributed by atoms with Crippen molar-refractivity contribution in [2.24, 2.45) is 0 Å². The summed E-state index contributed by atoms with van der Waals surface area (Å²) in [4.78, 5) is 0. The summed E-state index contributed by atoms with van der Waals surface area (Å²) in [5.41, 5.74) is 3.81. The lowest BCUT2D eigenvalue weighted by Gasteiger charge is -2.24. The molecule has 1 atom stereocenters. The summed E-state index contributed by atoms with van der Waals surface area (Å²) in [5, 5.41) is 8.98. The van der Waals surface area contributed by atoms with Gasteiger partial charge in [0.05, 0.1) is 6.61 Å². The molecule has 0 saturated heterocycles. The molecule has 2 rings (SSSR count). The van der Waals surface area contributed by atoms with Gasteiger partial charge in [0.25, 0.3) is 0 Å². The summed E-state index contributed by atoms with van der Waals surface area (Å²) in [6, 6.07) is 6.24. The number of nitrogens with zero attached hydrogens (tertiary/aromatic N) is 1.